The summed E-state index contributed by atoms with van der Waals surface area (Å²) < 4.78 is 26.4. The van der Waals surface area contributed by atoms with Gasteiger partial charge in [0.2, 0.25) is 5.91 Å². The molecule has 8 heteroatoms. The average molecular weight is 417 g/mol. The van der Waals surface area contributed by atoms with Gasteiger partial charge in [0.25, 0.3) is 5.91 Å². The van der Waals surface area contributed by atoms with Crippen molar-refractivity contribution in [3.05, 3.63) is 70.8 Å². The van der Waals surface area contributed by atoms with E-state index in [0.717, 1.165) is 17.7 Å². The predicted molar refractivity (Wildman–Crippen MR) is 108 cm³/mol. The van der Waals surface area contributed by atoms with Crippen molar-refractivity contribution in [2.45, 2.75) is 18.6 Å². The van der Waals surface area contributed by atoms with Crippen LogP contribution in [0.5, 0.6) is 0 Å². The molecule has 0 unspecified atom stereocenters. The van der Waals surface area contributed by atoms with E-state index in [1.807, 2.05) is 18.2 Å². The molecular weight excluding hydrogens is 396 g/mol. The van der Waals surface area contributed by atoms with E-state index in [0.29, 0.717) is 36.1 Å². The molecule has 0 aliphatic rings. The van der Waals surface area contributed by atoms with E-state index in [1.54, 1.807) is 17.8 Å². The average Bonchev–Trinajstić information content (AvgIpc) is 2.71. The van der Waals surface area contributed by atoms with E-state index < -0.39 is 17.5 Å². The van der Waals surface area contributed by atoms with Gasteiger partial charge < -0.3 is 10.6 Å². The zero-order valence-corrected chi connectivity index (χ0v) is 16.5. The topological polar surface area (TPSA) is 82.0 Å². The van der Waals surface area contributed by atoms with E-state index >= 15 is 0 Å². The Bertz CT molecular complexity index is 900. The normalized spacial score (nSPS) is 10.2. The zero-order chi connectivity index (χ0) is 21.1. The van der Waals surface area contributed by atoms with Crippen LogP contribution in [0.4, 0.5) is 8.78 Å². The van der Waals surface area contributed by atoms with Crippen LogP contribution in [0.1, 0.15) is 34.3 Å². The number of benzene rings is 2. The molecule has 0 aliphatic carbocycles. The molecule has 2 rings (SSSR count). The Morgan fingerprint density at radius 3 is 2.62 bits per heavy atom. The lowest BCUT2D eigenvalue weighted by atomic mass is 10.1. The van der Waals surface area contributed by atoms with Crippen LogP contribution in [-0.4, -0.2) is 30.7 Å². The van der Waals surface area contributed by atoms with Gasteiger partial charge in [-0.15, -0.1) is 0 Å². The fraction of sp³-hybridized carbons (Fsp3) is 0.286. The number of nitriles is 1. The molecule has 2 aromatic rings. The Labute approximate surface area is 172 Å². The number of nitrogens with one attached hydrogen (secondary N) is 2. The maximum atomic E-state index is 13.5. The van der Waals surface area contributed by atoms with Gasteiger partial charge in [-0.2, -0.15) is 17.0 Å². The molecule has 0 atom stereocenters. The molecule has 2 amide bonds. The standard InChI is InChI=1S/C21H21F2N3O2S/c22-17-7-8-18(19(23)12-17)21(28)26-9-3-6-20(27)25-10-11-29-14-16-5-2-1-4-15(16)13-24/h1-2,4-5,7-8,12H,3,6,9-11,14H2,(H,25,27)(H,26,28). The first kappa shape index (κ1) is 22.4. The first-order chi connectivity index (χ1) is 14.0. The molecule has 0 saturated carbocycles. The van der Waals surface area contributed by atoms with Gasteiger partial charge >= 0.3 is 0 Å². The van der Waals surface area contributed by atoms with Crippen molar-refractivity contribution in [3.63, 3.8) is 0 Å². The highest BCUT2D eigenvalue weighted by molar-refractivity contribution is 7.98. The lowest BCUT2D eigenvalue weighted by molar-refractivity contribution is -0.121. The molecular formula is C21H21F2N3O2S. The number of nitrogens with zero attached hydrogens (tertiary/aromatic N) is 1. The second-order valence-electron chi connectivity index (χ2n) is 6.16. The molecule has 2 N–H and O–H groups in total. The Kier molecular flexibility index (Phi) is 9.12. The molecule has 0 radical (unpaired) electrons. The third-order valence-corrected chi connectivity index (χ3v) is 5.01. The molecule has 0 saturated heterocycles. The van der Waals surface area contributed by atoms with Crippen molar-refractivity contribution in [3.8, 4) is 6.07 Å². The van der Waals surface area contributed by atoms with E-state index in [1.165, 1.54) is 0 Å². The number of thioether (sulfide) groups is 1. The summed E-state index contributed by atoms with van der Waals surface area (Å²) in [6, 6.07) is 12.3. The molecule has 2 aromatic carbocycles. The lowest BCUT2D eigenvalue weighted by Gasteiger charge is -2.08. The van der Waals surface area contributed by atoms with E-state index in [2.05, 4.69) is 16.7 Å². The summed E-state index contributed by atoms with van der Waals surface area (Å²) in [6.45, 7) is 0.716. The summed E-state index contributed by atoms with van der Waals surface area (Å²) in [5, 5.41) is 14.3. The number of carbonyl (C=O) groups excluding carboxylic acids is 2. The summed E-state index contributed by atoms with van der Waals surface area (Å²) >= 11 is 1.63. The zero-order valence-electron chi connectivity index (χ0n) is 15.7. The third-order valence-electron chi connectivity index (χ3n) is 4.01. The number of carbonyl (C=O) groups is 2. The van der Waals surface area contributed by atoms with Gasteiger partial charge in [0.05, 0.1) is 17.2 Å². The van der Waals surface area contributed by atoms with Gasteiger partial charge in [-0.05, 0) is 30.2 Å². The number of hydrogen-bond acceptors (Lipinski definition) is 4. The van der Waals surface area contributed by atoms with Crippen molar-refractivity contribution in [2.75, 3.05) is 18.8 Å². The van der Waals surface area contributed by atoms with E-state index in [-0.39, 0.29) is 24.4 Å². The van der Waals surface area contributed by atoms with Crippen LogP contribution in [0.25, 0.3) is 0 Å². The summed E-state index contributed by atoms with van der Waals surface area (Å²) in [5.41, 5.74) is 1.40. The smallest absolute Gasteiger partial charge is 0.254 e. The van der Waals surface area contributed by atoms with Crippen molar-refractivity contribution in [2.24, 2.45) is 0 Å². The third kappa shape index (κ3) is 7.54. The van der Waals surface area contributed by atoms with Crippen LogP contribution in [0.3, 0.4) is 0 Å². The maximum absolute atomic E-state index is 13.5. The number of hydrogen-bond donors (Lipinski definition) is 2. The molecule has 29 heavy (non-hydrogen) atoms. The van der Waals surface area contributed by atoms with Crippen molar-refractivity contribution in [1.82, 2.24) is 10.6 Å². The molecule has 0 aliphatic heterocycles. The molecule has 5 nitrogen and oxygen atoms in total. The largest absolute Gasteiger partial charge is 0.355 e. The van der Waals surface area contributed by atoms with E-state index in [9.17, 15) is 18.4 Å². The van der Waals surface area contributed by atoms with Crippen LogP contribution in [0, 0.1) is 23.0 Å². The monoisotopic (exact) mass is 417 g/mol. The summed E-state index contributed by atoms with van der Waals surface area (Å²) in [5.74, 6) is -1.03. The fourth-order valence-electron chi connectivity index (χ4n) is 2.51. The Balaban J connectivity index is 1.57. The minimum Gasteiger partial charge on any atom is -0.355 e. The van der Waals surface area contributed by atoms with Crippen LogP contribution < -0.4 is 10.6 Å². The molecule has 0 aromatic heterocycles. The molecule has 152 valence electrons. The summed E-state index contributed by atoms with van der Waals surface area (Å²) in [4.78, 5) is 23.6. The van der Waals surface area contributed by atoms with Gasteiger partial charge in [0, 0.05) is 37.1 Å². The van der Waals surface area contributed by atoms with Crippen LogP contribution >= 0.6 is 11.8 Å². The first-order valence-corrected chi connectivity index (χ1v) is 10.2. The number of rotatable bonds is 10. The van der Waals surface area contributed by atoms with Gasteiger partial charge in [0.15, 0.2) is 0 Å². The number of halogens is 2. The predicted octanol–water partition coefficient (Wildman–Crippen LogP) is 3.40. The SMILES string of the molecule is N#Cc1ccccc1CSCCNC(=O)CCCNC(=O)c1ccc(F)cc1F. The summed E-state index contributed by atoms with van der Waals surface area (Å²) in [6.07, 6.45) is 0.636. The van der Waals surface area contributed by atoms with Gasteiger partial charge in [-0.3, -0.25) is 9.59 Å². The highest BCUT2D eigenvalue weighted by Crippen LogP contribution is 2.15. The highest BCUT2D eigenvalue weighted by atomic mass is 32.2. The van der Waals surface area contributed by atoms with Gasteiger partial charge in [-0.25, -0.2) is 8.78 Å². The van der Waals surface area contributed by atoms with E-state index in [4.69, 9.17) is 5.26 Å². The minimum atomic E-state index is -0.921. The van der Waals surface area contributed by atoms with Crippen LogP contribution in [-0.2, 0) is 10.5 Å². The van der Waals surface area contributed by atoms with Crippen molar-refractivity contribution in [1.29, 1.82) is 5.26 Å². The quantitative estimate of drug-likeness (QED) is 0.581. The van der Waals surface area contributed by atoms with Crippen LogP contribution in [0.15, 0.2) is 42.5 Å². The molecule has 0 fully saturated rings. The van der Waals surface area contributed by atoms with Crippen molar-refractivity contribution < 1.29 is 18.4 Å². The maximum Gasteiger partial charge on any atom is 0.254 e. The Morgan fingerprint density at radius 1 is 1.07 bits per heavy atom. The highest BCUT2D eigenvalue weighted by Gasteiger charge is 2.12. The molecule has 0 bridgehead atoms. The second kappa shape index (κ2) is 11.8. The Hall–Kier alpha value is -2.92. The van der Waals surface area contributed by atoms with Gasteiger partial charge in [0.1, 0.15) is 11.6 Å². The summed E-state index contributed by atoms with van der Waals surface area (Å²) in [7, 11) is 0. The van der Waals surface area contributed by atoms with Gasteiger partial charge in [-0.1, -0.05) is 18.2 Å². The fourth-order valence-corrected chi connectivity index (χ4v) is 3.37. The first-order valence-electron chi connectivity index (χ1n) is 9.07. The minimum absolute atomic E-state index is 0.134. The Morgan fingerprint density at radius 2 is 1.86 bits per heavy atom. The lowest BCUT2D eigenvalue weighted by Crippen LogP contribution is -2.29. The van der Waals surface area contributed by atoms with Crippen LogP contribution in [0.2, 0.25) is 0 Å². The molecule has 0 spiro atoms. The second-order valence-corrected chi connectivity index (χ2v) is 7.26. The number of amides is 2. The van der Waals surface area contributed by atoms with Crippen molar-refractivity contribution >= 4 is 23.6 Å². The molecule has 0 heterocycles.